The third-order valence-electron chi connectivity index (χ3n) is 2.50. The van der Waals surface area contributed by atoms with Crippen LogP contribution >= 0.6 is 11.5 Å². The normalized spacial score (nSPS) is 12.8. The molecule has 18 heavy (non-hydrogen) atoms. The van der Waals surface area contributed by atoms with Gasteiger partial charge in [-0.05, 0) is 6.92 Å². The van der Waals surface area contributed by atoms with E-state index in [9.17, 15) is 0 Å². The highest BCUT2D eigenvalue weighted by Gasteiger charge is 2.21. The second-order valence-electron chi connectivity index (χ2n) is 5.07. The lowest BCUT2D eigenvalue weighted by molar-refractivity contribution is 0.317. The SMILES string of the molecule is CCN(CCC(N)=NO)c1nc(C(C)(C)C)ns1. The molecule has 0 unspecified atom stereocenters. The first kappa shape index (κ1) is 14.7. The van der Waals surface area contributed by atoms with Crippen molar-refractivity contribution in [1.29, 1.82) is 0 Å². The molecule has 0 radical (unpaired) electrons. The van der Waals surface area contributed by atoms with Crippen LogP contribution < -0.4 is 10.6 Å². The average molecular weight is 271 g/mol. The summed E-state index contributed by atoms with van der Waals surface area (Å²) >= 11 is 1.39. The van der Waals surface area contributed by atoms with E-state index >= 15 is 0 Å². The minimum atomic E-state index is -0.0419. The Morgan fingerprint density at radius 2 is 2.17 bits per heavy atom. The summed E-state index contributed by atoms with van der Waals surface area (Å²) in [7, 11) is 0. The maximum Gasteiger partial charge on any atom is 0.205 e. The Bertz CT molecular complexity index is 410. The summed E-state index contributed by atoms with van der Waals surface area (Å²) in [6.07, 6.45) is 0.509. The second kappa shape index (κ2) is 5.99. The minimum absolute atomic E-state index is 0.0419. The van der Waals surface area contributed by atoms with Crippen molar-refractivity contribution in [1.82, 2.24) is 9.36 Å². The monoisotopic (exact) mass is 271 g/mol. The molecule has 7 heteroatoms. The van der Waals surface area contributed by atoms with Crippen molar-refractivity contribution >= 4 is 22.5 Å². The van der Waals surface area contributed by atoms with Gasteiger partial charge in [-0.3, -0.25) is 0 Å². The van der Waals surface area contributed by atoms with E-state index in [1.54, 1.807) is 0 Å². The van der Waals surface area contributed by atoms with Gasteiger partial charge in [0.25, 0.3) is 0 Å². The molecule has 0 saturated carbocycles. The molecule has 0 aromatic carbocycles. The number of oxime groups is 1. The van der Waals surface area contributed by atoms with Crippen molar-refractivity contribution in [3.63, 3.8) is 0 Å². The Kier molecular flexibility index (Phi) is 4.89. The van der Waals surface area contributed by atoms with E-state index in [0.717, 1.165) is 17.5 Å². The van der Waals surface area contributed by atoms with Gasteiger partial charge < -0.3 is 15.8 Å². The first-order chi connectivity index (χ1) is 8.38. The fraction of sp³-hybridized carbons (Fsp3) is 0.727. The van der Waals surface area contributed by atoms with Gasteiger partial charge in [0, 0.05) is 36.5 Å². The van der Waals surface area contributed by atoms with Gasteiger partial charge in [0.2, 0.25) is 5.13 Å². The molecule has 1 heterocycles. The van der Waals surface area contributed by atoms with Crippen LogP contribution in [-0.4, -0.2) is 33.5 Å². The van der Waals surface area contributed by atoms with Crippen LogP contribution in [0.1, 0.15) is 39.9 Å². The summed E-state index contributed by atoms with van der Waals surface area (Å²) in [4.78, 5) is 6.62. The van der Waals surface area contributed by atoms with Gasteiger partial charge >= 0.3 is 0 Å². The van der Waals surface area contributed by atoms with Gasteiger partial charge in [-0.25, -0.2) is 4.98 Å². The number of nitrogens with zero attached hydrogens (tertiary/aromatic N) is 4. The van der Waals surface area contributed by atoms with Crippen LogP contribution in [0.4, 0.5) is 5.13 Å². The summed E-state index contributed by atoms with van der Waals surface area (Å²) in [6.45, 7) is 9.80. The molecule has 0 aliphatic rings. The highest BCUT2D eigenvalue weighted by Crippen LogP contribution is 2.25. The third kappa shape index (κ3) is 3.83. The molecule has 0 aliphatic carbocycles. The fourth-order valence-corrected chi connectivity index (χ4v) is 2.28. The average Bonchev–Trinajstić information content (AvgIpc) is 2.78. The predicted molar refractivity (Wildman–Crippen MR) is 74.5 cm³/mol. The summed E-state index contributed by atoms with van der Waals surface area (Å²) in [5.74, 6) is 1.08. The molecule has 1 rings (SSSR count). The van der Waals surface area contributed by atoms with Crippen molar-refractivity contribution in [2.45, 2.75) is 39.5 Å². The van der Waals surface area contributed by atoms with Crippen LogP contribution in [0, 0.1) is 0 Å². The van der Waals surface area contributed by atoms with Crippen molar-refractivity contribution in [2.75, 3.05) is 18.0 Å². The zero-order chi connectivity index (χ0) is 13.8. The van der Waals surface area contributed by atoms with Gasteiger partial charge in [-0.15, -0.1) is 0 Å². The van der Waals surface area contributed by atoms with E-state index < -0.39 is 0 Å². The Balaban J connectivity index is 2.74. The lowest BCUT2D eigenvalue weighted by Crippen LogP contribution is -2.28. The Hall–Kier alpha value is -1.37. The quantitative estimate of drug-likeness (QED) is 0.369. The minimum Gasteiger partial charge on any atom is -0.409 e. The van der Waals surface area contributed by atoms with E-state index in [1.165, 1.54) is 11.5 Å². The van der Waals surface area contributed by atoms with E-state index in [-0.39, 0.29) is 11.3 Å². The number of rotatable bonds is 5. The number of amidine groups is 1. The number of aromatic nitrogens is 2. The largest absolute Gasteiger partial charge is 0.409 e. The molecular weight excluding hydrogens is 250 g/mol. The van der Waals surface area contributed by atoms with E-state index in [1.807, 2.05) is 6.92 Å². The molecule has 0 atom stereocenters. The predicted octanol–water partition coefficient (Wildman–Crippen LogP) is 1.80. The van der Waals surface area contributed by atoms with Crippen LogP contribution in [-0.2, 0) is 5.41 Å². The Morgan fingerprint density at radius 3 is 2.61 bits per heavy atom. The molecule has 0 fully saturated rings. The molecule has 102 valence electrons. The lowest BCUT2D eigenvalue weighted by atomic mass is 9.96. The summed E-state index contributed by atoms with van der Waals surface area (Å²) in [5, 5.41) is 12.4. The molecule has 0 bridgehead atoms. The van der Waals surface area contributed by atoms with Crippen LogP contribution in [0.5, 0.6) is 0 Å². The molecule has 1 aromatic rings. The summed E-state index contributed by atoms with van der Waals surface area (Å²) in [5.41, 5.74) is 5.43. The second-order valence-corrected chi connectivity index (χ2v) is 5.80. The van der Waals surface area contributed by atoms with E-state index in [0.29, 0.717) is 13.0 Å². The topological polar surface area (TPSA) is 87.6 Å². The first-order valence-electron chi connectivity index (χ1n) is 5.94. The molecule has 0 spiro atoms. The van der Waals surface area contributed by atoms with Crippen LogP contribution in [0.3, 0.4) is 0 Å². The maximum absolute atomic E-state index is 8.52. The zero-order valence-corrected chi connectivity index (χ0v) is 12.2. The molecule has 3 N–H and O–H groups in total. The van der Waals surface area contributed by atoms with Crippen molar-refractivity contribution < 1.29 is 5.21 Å². The molecule has 0 aliphatic heterocycles. The molecule has 1 aromatic heterocycles. The maximum atomic E-state index is 8.52. The highest BCUT2D eigenvalue weighted by atomic mass is 32.1. The van der Waals surface area contributed by atoms with E-state index in [4.69, 9.17) is 10.9 Å². The third-order valence-corrected chi connectivity index (χ3v) is 3.28. The Labute approximate surface area is 112 Å². The summed E-state index contributed by atoms with van der Waals surface area (Å²) in [6, 6.07) is 0. The van der Waals surface area contributed by atoms with Gasteiger partial charge in [-0.1, -0.05) is 25.9 Å². The molecular formula is C11H21N5OS. The number of hydrogen-bond donors (Lipinski definition) is 2. The number of hydrogen-bond acceptors (Lipinski definition) is 6. The Morgan fingerprint density at radius 1 is 1.50 bits per heavy atom. The van der Waals surface area contributed by atoms with Crippen molar-refractivity contribution in [3.05, 3.63) is 5.82 Å². The number of anilines is 1. The van der Waals surface area contributed by atoms with Crippen molar-refractivity contribution in [2.24, 2.45) is 10.9 Å². The van der Waals surface area contributed by atoms with Gasteiger partial charge in [0.05, 0.1) is 0 Å². The van der Waals surface area contributed by atoms with E-state index in [2.05, 4.69) is 40.2 Å². The first-order valence-corrected chi connectivity index (χ1v) is 6.71. The molecule has 0 saturated heterocycles. The summed E-state index contributed by atoms with van der Waals surface area (Å²) < 4.78 is 4.38. The fourth-order valence-electron chi connectivity index (χ4n) is 1.34. The van der Waals surface area contributed by atoms with Crippen molar-refractivity contribution in [3.8, 4) is 0 Å². The van der Waals surface area contributed by atoms with Gasteiger partial charge in [0.15, 0.2) is 0 Å². The highest BCUT2D eigenvalue weighted by molar-refractivity contribution is 7.09. The van der Waals surface area contributed by atoms with Crippen LogP contribution in [0.2, 0.25) is 0 Å². The molecule has 6 nitrogen and oxygen atoms in total. The zero-order valence-electron chi connectivity index (χ0n) is 11.3. The van der Waals surface area contributed by atoms with Gasteiger partial charge in [0.1, 0.15) is 11.7 Å². The van der Waals surface area contributed by atoms with Gasteiger partial charge in [-0.2, -0.15) is 4.37 Å². The lowest BCUT2D eigenvalue weighted by Gasteiger charge is -2.19. The standard InChI is InChI=1S/C11H21N5OS/c1-5-16(7-6-8(12)14-17)10-13-9(15-18-10)11(2,3)4/h17H,5-7H2,1-4H3,(H2,12,14). The smallest absolute Gasteiger partial charge is 0.205 e. The van der Waals surface area contributed by atoms with Crippen LogP contribution in [0.15, 0.2) is 5.16 Å². The van der Waals surface area contributed by atoms with Crippen LogP contribution in [0.25, 0.3) is 0 Å². The molecule has 0 amide bonds. The number of nitrogens with two attached hydrogens (primary N) is 1.